The van der Waals surface area contributed by atoms with Gasteiger partial charge in [0.05, 0.1) is 13.2 Å². The van der Waals surface area contributed by atoms with Crippen molar-refractivity contribution in [2.45, 2.75) is 6.18 Å². The zero-order chi connectivity index (χ0) is 15.8. The Balaban J connectivity index is 4.88. The standard InChI is InChI=1S/C10H17F3N2O5/c1-20-5-3-14(6-8(17)18)9(19)15(2-4-16)7-10(11,12)13/h16H,2-7H2,1H3,(H,17,18). The molecule has 0 aromatic carbocycles. The number of halogens is 3. The number of hydrogen-bond acceptors (Lipinski definition) is 4. The number of alkyl halides is 3. The van der Waals surface area contributed by atoms with Gasteiger partial charge in [0.2, 0.25) is 0 Å². The molecule has 2 amide bonds. The van der Waals surface area contributed by atoms with Crippen molar-refractivity contribution < 1.29 is 37.7 Å². The quantitative estimate of drug-likeness (QED) is 0.658. The molecule has 0 bridgehead atoms. The number of aliphatic hydroxyl groups is 1. The number of methoxy groups -OCH3 is 1. The van der Waals surface area contributed by atoms with E-state index in [9.17, 15) is 22.8 Å². The van der Waals surface area contributed by atoms with Gasteiger partial charge in [-0.2, -0.15) is 13.2 Å². The first kappa shape index (κ1) is 18.4. The Hall–Kier alpha value is -1.55. The van der Waals surface area contributed by atoms with E-state index in [4.69, 9.17) is 10.2 Å². The molecule has 0 aliphatic carbocycles. The number of amides is 2. The highest BCUT2D eigenvalue weighted by atomic mass is 19.4. The zero-order valence-electron chi connectivity index (χ0n) is 10.9. The fraction of sp³-hybridized carbons (Fsp3) is 0.800. The maximum absolute atomic E-state index is 12.3. The first-order chi connectivity index (χ1) is 9.21. The molecule has 0 aromatic heterocycles. The molecule has 0 radical (unpaired) electrons. The van der Waals surface area contributed by atoms with E-state index in [1.807, 2.05) is 0 Å². The lowest BCUT2D eigenvalue weighted by Crippen LogP contribution is -2.50. The molecule has 10 heteroatoms. The lowest BCUT2D eigenvalue weighted by atomic mass is 10.4. The molecule has 0 atom stereocenters. The molecule has 0 heterocycles. The van der Waals surface area contributed by atoms with E-state index < -0.39 is 44.4 Å². The first-order valence-corrected chi connectivity index (χ1v) is 5.63. The molecule has 0 unspecified atom stereocenters. The van der Waals surface area contributed by atoms with Crippen LogP contribution in [0.5, 0.6) is 0 Å². The summed E-state index contributed by atoms with van der Waals surface area (Å²) in [6.07, 6.45) is -4.64. The number of carbonyl (C=O) groups is 2. The topological polar surface area (TPSA) is 90.3 Å². The van der Waals surface area contributed by atoms with Gasteiger partial charge in [0, 0.05) is 20.2 Å². The van der Waals surface area contributed by atoms with Crippen molar-refractivity contribution in [2.24, 2.45) is 0 Å². The smallest absolute Gasteiger partial charge is 0.406 e. The number of nitrogens with zero attached hydrogens (tertiary/aromatic N) is 2. The van der Waals surface area contributed by atoms with Gasteiger partial charge in [-0.25, -0.2) is 4.79 Å². The summed E-state index contributed by atoms with van der Waals surface area (Å²) in [7, 11) is 1.31. The molecule has 0 saturated carbocycles. The van der Waals surface area contributed by atoms with Crippen molar-refractivity contribution in [3.8, 4) is 0 Å². The molecule has 0 aliphatic rings. The third-order valence-electron chi connectivity index (χ3n) is 2.17. The third-order valence-corrected chi connectivity index (χ3v) is 2.17. The summed E-state index contributed by atoms with van der Waals surface area (Å²) >= 11 is 0. The second-order valence-electron chi connectivity index (χ2n) is 3.85. The second-order valence-corrected chi connectivity index (χ2v) is 3.85. The molecule has 20 heavy (non-hydrogen) atoms. The number of aliphatic hydroxyl groups excluding tert-OH is 1. The first-order valence-electron chi connectivity index (χ1n) is 5.63. The molecule has 0 aliphatic heterocycles. The van der Waals surface area contributed by atoms with Gasteiger partial charge < -0.3 is 24.7 Å². The molecule has 2 N–H and O–H groups in total. The van der Waals surface area contributed by atoms with Crippen LogP contribution in [0.15, 0.2) is 0 Å². The molecule has 118 valence electrons. The van der Waals surface area contributed by atoms with Gasteiger partial charge in [-0.15, -0.1) is 0 Å². The molecular weight excluding hydrogens is 285 g/mol. The predicted molar refractivity (Wildman–Crippen MR) is 61.2 cm³/mol. The van der Waals surface area contributed by atoms with Crippen molar-refractivity contribution in [1.82, 2.24) is 9.80 Å². The van der Waals surface area contributed by atoms with Crippen LogP contribution in [-0.4, -0.2) is 84.7 Å². The monoisotopic (exact) mass is 302 g/mol. The van der Waals surface area contributed by atoms with Crippen molar-refractivity contribution in [2.75, 3.05) is 46.5 Å². The largest absolute Gasteiger partial charge is 0.480 e. The maximum Gasteiger partial charge on any atom is 0.406 e. The minimum Gasteiger partial charge on any atom is -0.480 e. The average molecular weight is 302 g/mol. The van der Waals surface area contributed by atoms with Gasteiger partial charge in [-0.1, -0.05) is 0 Å². The number of aliphatic carboxylic acids is 1. The number of urea groups is 1. The Morgan fingerprint density at radius 2 is 1.80 bits per heavy atom. The summed E-state index contributed by atoms with van der Waals surface area (Å²) in [5, 5.41) is 17.4. The maximum atomic E-state index is 12.3. The summed E-state index contributed by atoms with van der Waals surface area (Å²) in [5.74, 6) is -1.36. The van der Waals surface area contributed by atoms with Crippen LogP contribution in [0.2, 0.25) is 0 Å². The summed E-state index contributed by atoms with van der Waals surface area (Å²) in [6, 6.07) is -1.11. The summed E-state index contributed by atoms with van der Waals surface area (Å²) in [4.78, 5) is 23.6. The minimum atomic E-state index is -4.64. The molecule has 7 nitrogen and oxygen atoms in total. The van der Waals surface area contributed by atoms with Crippen LogP contribution in [0.1, 0.15) is 0 Å². The van der Waals surface area contributed by atoms with Gasteiger partial charge >= 0.3 is 18.2 Å². The Bertz CT molecular complexity index is 325. The number of ether oxygens (including phenoxy) is 1. The molecule has 0 rings (SSSR count). The van der Waals surface area contributed by atoms with Gasteiger partial charge in [0.15, 0.2) is 0 Å². The Morgan fingerprint density at radius 3 is 2.20 bits per heavy atom. The van der Waals surface area contributed by atoms with Crippen LogP contribution in [0, 0.1) is 0 Å². The van der Waals surface area contributed by atoms with Crippen molar-refractivity contribution in [3.63, 3.8) is 0 Å². The minimum absolute atomic E-state index is 0.0159. The van der Waals surface area contributed by atoms with Crippen LogP contribution in [0.3, 0.4) is 0 Å². The predicted octanol–water partition coefficient (Wildman–Crippen LogP) is -0.00400. The molecule has 0 aromatic rings. The van der Waals surface area contributed by atoms with Crippen LogP contribution >= 0.6 is 0 Å². The van der Waals surface area contributed by atoms with Crippen LogP contribution in [0.25, 0.3) is 0 Å². The lowest BCUT2D eigenvalue weighted by molar-refractivity contribution is -0.142. The van der Waals surface area contributed by atoms with Gasteiger partial charge in [0.25, 0.3) is 0 Å². The van der Waals surface area contributed by atoms with E-state index in [0.717, 1.165) is 0 Å². The number of rotatable bonds is 8. The average Bonchev–Trinajstić information content (AvgIpc) is 2.31. The van der Waals surface area contributed by atoms with E-state index in [-0.39, 0.29) is 13.2 Å². The molecule has 0 spiro atoms. The lowest BCUT2D eigenvalue weighted by Gasteiger charge is -2.29. The third kappa shape index (κ3) is 7.79. The van der Waals surface area contributed by atoms with Crippen molar-refractivity contribution in [1.29, 1.82) is 0 Å². The number of carboxylic acids is 1. The van der Waals surface area contributed by atoms with Crippen LogP contribution < -0.4 is 0 Å². The number of hydrogen-bond donors (Lipinski definition) is 2. The number of carbonyl (C=O) groups excluding carboxylic acids is 1. The van der Waals surface area contributed by atoms with E-state index in [0.29, 0.717) is 9.80 Å². The summed E-state index contributed by atoms with van der Waals surface area (Å²) < 4.78 is 41.7. The van der Waals surface area contributed by atoms with E-state index >= 15 is 0 Å². The Labute approximate surface area is 113 Å². The highest BCUT2D eigenvalue weighted by Crippen LogP contribution is 2.17. The normalized spacial score (nSPS) is 11.2. The highest BCUT2D eigenvalue weighted by molar-refractivity contribution is 5.80. The van der Waals surface area contributed by atoms with Crippen LogP contribution in [0.4, 0.5) is 18.0 Å². The van der Waals surface area contributed by atoms with Crippen molar-refractivity contribution >= 4 is 12.0 Å². The molecule has 0 saturated heterocycles. The van der Waals surface area contributed by atoms with Crippen LogP contribution in [-0.2, 0) is 9.53 Å². The fourth-order valence-corrected chi connectivity index (χ4v) is 1.39. The van der Waals surface area contributed by atoms with Gasteiger partial charge in [-0.05, 0) is 0 Å². The Kier molecular flexibility index (Phi) is 7.92. The van der Waals surface area contributed by atoms with Gasteiger partial charge in [-0.3, -0.25) is 4.79 Å². The van der Waals surface area contributed by atoms with Gasteiger partial charge in [0.1, 0.15) is 13.1 Å². The summed E-state index contributed by atoms with van der Waals surface area (Å²) in [6.45, 7) is -3.69. The number of carboxylic acid groups (broad SMARTS) is 1. The summed E-state index contributed by atoms with van der Waals surface area (Å²) in [5.41, 5.74) is 0. The van der Waals surface area contributed by atoms with E-state index in [1.165, 1.54) is 7.11 Å². The zero-order valence-corrected chi connectivity index (χ0v) is 10.9. The van der Waals surface area contributed by atoms with E-state index in [1.54, 1.807) is 0 Å². The SMILES string of the molecule is COCCN(CC(=O)O)C(=O)N(CCO)CC(F)(F)F. The molecular formula is C10H17F3N2O5. The second kappa shape index (κ2) is 8.59. The molecule has 0 fully saturated rings. The van der Waals surface area contributed by atoms with E-state index in [2.05, 4.69) is 4.74 Å². The van der Waals surface area contributed by atoms with Crippen molar-refractivity contribution in [3.05, 3.63) is 0 Å². The fourth-order valence-electron chi connectivity index (χ4n) is 1.39. The Morgan fingerprint density at radius 1 is 1.20 bits per heavy atom. The highest BCUT2D eigenvalue weighted by Gasteiger charge is 2.34.